The summed E-state index contributed by atoms with van der Waals surface area (Å²) in [7, 11) is 0. The Labute approximate surface area is 106 Å². The van der Waals surface area contributed by atoms with Gasteiger partial charge in [0.15, 0.2) is 0 Å². The van der Waals surface area contributed by atoms with Crippen LogP contribution in [0.15, 0.2) is 0 Å². The standard InChI is InChI=1S/C14H28N2O/c1-4-12-8-6-5-7-9-16(12)14(17)13(10-15)11(2)3/h11-13H,4-10,15H2,1-3H3. The van der Waals surface area contributed by atoms with Crippen LogP contribution in [-0.2, 0) is 4.79 Å². The summed E-state index contributed by atoms with van der Waals surface area (Å²) < 4.78 is 0. The topological polar surface area (TPSA) is 46.3 Å². The van der Waals surface area contributed by atoms with E-state index in [-0.39, 0.29) is 11.8 Å². The van der Waals surface area contributed by atoms with Gasteiger partial charge in [-0.15, -0.1) is 0 Å². The van der Waals surface area contributed by atoms with E-state index in [0.29, 0.717) is 18.5 Å². The lowest BCUT2D eigenvalue weighted by Gasteiger charge is -2.33. The molecule has 0 aromatic carbocycles. The zero-order chi connectivity index (χ0) is 12.8. The number of amides is 1. The van der Waals surface area contributed by atoms with Gasteiger partial charge in [0.2, 0.25) is 5.91 Å². The molecule has 0 aromatic rings. The molecule has 0 aromatic heterocycles. The van der Waals surface area contributed by atoms with Crippen molar-refractivity contribution in [1.82, 2.24) is 4.90 Å². The number of nitrogens with two attached hydrogens (primary N) is 1. The van der Waals surface area contributed by atoms with Crippen molar-refractivity contribution in [3.8, 4) is 0 Å². The van der Waals surface area contributed by atoms with Crippen LogP contribution < -0.4 is 5.73 Å². The van der Waals surface area contributed by atoms with E-state index in [4.69, 9.17) is 5.73 Å². The van der Waals surface area contributed by atoms with Gasteiger partial charge in [0.05, 0.1) is 5.92 Å². The minimum absolute atomic E-state index is 0.00199. The molecule has 3 heteroatoms. The van der Waals surface area contributed by atoms with Gasteiger partial charge in [-0.1, -0.05) is 33.6 Å². The molecule has 0 aliphatic carbocycles. The Morgan fingerprint density at radius 1 is 1.35 bits per heavy atom. The number of carbonyl (C=O) groups is 1. The average molecular weight is 240 g/mol. The smallest absolute Gasteiger partial charge is 0.227 e. The highest BCUT2D eigenvalue weighted by molar-refractivity contribution is 5.79. The molecule has 0 radical (unpaired) electrons. The maximum absolute atomic E-state index is 12.5. The first-order valence-electron chi connectivity index (χ1n) is 7.12. The van der Waals surface area contributed by atoms with E-state index in [2.05, 4.69) is 25.7 Å². The van der Waals surface area contributed by atoms with Crippen molar-refractivity contribution in [2.75, 3.05) is 13.1 Å². The van der Waals surface area contributed by atoms with Crippen molar-refractivity contribution in [1.29, 1.82) is 0 Å². The Morgan fingerprint density at radius 3 is 2.59 bits per heavy atom. The van der Waals surface area contributed by atoms with Crippen LogP contribution in [-0.4, -0.2) is 29.9 Å². The number of likely N-dealkylation sites (tertiary alicyclic amines) is 1. The van der Waals surface area contributed by atoms with Crippen LogP contribution in [0.2, 0.25) is 0 Å². The Kier molecular flexibility index (Phi) is 5.96. The zero-order valence-corrected chi connectivity index (χ0v) is 11.6. The van der Waals surface area contributed by atoms with E-state index < -0.39 is 0 Å². The molecule has 0 saturated carbocycles. The fraction of sp³-hybridized carbons (Fsp3) is 0.929. The zero-order valence-electron chi connectivity index (χ0n) is 11.6. The fourth-order valence-electron chi connectivity index (χ4n) is 2.76. The van der Waals surface area contributed by atoms with Gasteiger partial charge >= 0.3 is 0 Å². The summed E-state index contributed by atoms with van der Waals surface area (Å²) in [5.41, 5.74) is 5.76. The van der Waals surface area contributed by atoms with Crippen molar-refractivity contribution < 1.29 is 4.79 Å². The molecule has 3 nitrogen and oxygen atoms in total. The quantitative estimate of drug-likeness (QED) is 0.820. The minimum atomic E-state index is 0.00199. The van der Waals surface area contributed by atoms with Crippen LogP contribution >= 0.6 is 0 Å². The van der Waals surface area contributed by atoms with Gasteiger partial charge in [0.1, 0.15) is 0 Å². The molecule has 100 valence electrons. The van der Waals surface area contributed by atoms with Crippen LogP contribution in [0.5, 0.6) is 0 Å². The molecule has 0 spiro atoms. The molecule has 1 fully saturated rings. The lowest BCUT2D eigenvalue weighted by atomic mass is 9.93. The molecule has 1 saturated heterocycles. The van der Waals surface area contributed by atoms with Crippen LogP contribution in [0.3, 0.4) is 0 Å². The second-order valence-corrected chi connectivity index (χ2v) is 5.53. The summed E-state index contributed by atoms with van der Waals surface area (Å²) in [5, 5.41) is 0. The highest BCUT2D eigenvalue weighted by atomic mass is 16.2. The maximum Gasteiger partial charge on any atom is 0.227 e. The maximum atomic E-state index is 12.5. The first kappa shape index (κ1) is 14.5. The van der Waals surface area contributed by atoms with Crippen molar-refractivity contribution in [2.45, 2.75) is 58.9 Å². The summed E-state index contributed by atoms with van der Waals surface area (Å²) in [5.74, 6) is 0.631. The number of rotatable bonds is 4. The van der Waals surface area contributed by atoms with Crippen molar-refractivity contribution in [3.63, 3.8) is 0 Å². The minimum Gasteiger partial charge on any atom is -0.339 e. The van der Waals surface area contributed by atoms with Gasteiger partial charge in [-0.3, -0.25) is 4.79 Å². The van der Waals surface area contributed by atoms with Crippen LogP contribution in [0, 0.1) is 11.8 Å². The van der Waals surface area contributed by atoms with Gasteiger partial charge in [-0.05, 0) is 25.2 Å². The van der Waals surface area contributed by atoms with Gasteiger partial charge < -0.3 is 10.6 Å². The van der Waals surface area contributed by atoms with Gasteiger partial charge in [-0.25, -0.2) is 0 Å². The van der Waals surface area contributed by atoms with E-state index in [1.165, 1.54) is 12.8 Å². The van der Waals surface area contributed by atoms with E-state index in [9.17, 15) is 4.79 Å². The first-order valence-corrected chi connectivity index (χ1v) is 7.12. The Morgan fingerprint density at radius 2 is 2.06 bits per heavy atom. The second-order valence-electron chi connectivity index (χ2n) is 5.53. The Hall–Kier alpha value is -0.570. The molecule has 2 N–H and O–H groups in total. The molecule has 1 aliphatic rings. The molecule has 1 rings (SSSR count). The van der Waals surface area contributed by atoms with Crippen molar-refractivity contribution in [2.24, 2.45) is 17.6 Å². The van der Waals surface area contributed by atoms with E-state index in [1.54, 1.807) is 0 Å². The number of carbonyl (C=O) groups excluding carboxylic acids is 1. The Bertz CT molecular complexity index is 240. The predicted molar refractivity (Wildman–Crippen MR) is 71.6 cm³/mol. The highest BCUT2D eigenvalue weighted by Crippen LogP contribution is 2.23. The normalized spacial score (nSPS) is 23.6. The van der Waals surface area contributed by atoms with E-state index in [1.807, 2.05) is 0 Å². The average Bonchev–Trinajstić information content (AvgIpc) is 2.53. The van der Waals surface area contributed by atoms with E-state index in [0.717, 1.165) is 25.8 Å². The molecule has 2 unspecified atom stereocenters. The van der Waals surface area contributed by atoms with Crippen LogP contribution in [0.1, 0.15) is 52.9 Å². The van der Waals surface area contributed by atoms with E-state index >= 15 is 0 Å². The molecular weight excluding hydrogens is 212 g/mol. The van der Waals surface area contributed by atoms with Crippen molar-refractivity contribution in [3.05, 3.63) is 0 Å². The predicted octanol–water partition coefficient (Wildman–Crippen LogP) is 2.40. The third kappa shape index (κ3) is 3.70. The Balaban J connectivity index is 2.75. The molecule has 17 heavy (non-hydrogen) atoms. The third-order valence-corrected chi connectivity index (χ3v) is 4.01. The summed E-state index contributed by atoms with van der Waals surface area (Å²) in [6.07, 6.45) is 5.91. The van der Waals surface area contributed by atoms with Crippen LogP contribution in [0.25, 0.3) is 0 Å². The van der Waals surface area contributed by atoms with Crippen LogP contribution in [0.4, 0.5) is 0 Å². The summed E-state index contributed by atoms with van der Waals surface area (Å²) >= 11 is 0. The van der Waals surface area contributed by atoms with Gasteiger partial charge in [0.25, 0.3) is 0 Å². The first-order chi connectivity index (χ1) is 8.11. The summed E-state index contributed by atoms with van der Waals surface area (Å²) in [6, 6.07) is 0.442. The molecule has 2 atom stereocenters. The number of nitrogens with zero attached hydrogens (tertiary/aromatic N) is 1. The fourth-order valence-corrected chi connectivity index (χ4v) is 2.76. The number of hydrogen-bond donors (Lipinski definition) is 1. The molecule has 1 aliphatic heterocycles. The monoisotopic (exact) mass is 240 g/mol. The van der Waals surface area contributed by atoms with Gasteiger partial charge in [-0.2, -0.15) is 0 Å². The molecular formula is C14H28N2O. The summed E-state index contributed by atoms with van der Waals surface area (Å²) in [4.78, 5) is 14.7. The summed E-state index contributed by atoms with van der Waals surface area (Å²) in [6.45, 7) is 7.77. The SMILES string of the molecule is CCC1CCCCCN1C(=O)C(CN)C(C)C. The van der Waals surface area contributed by atoms with Crippen molar-refractivity contribution >= 4 is 5.91 Å². The third-order valence-electron chi connectivity index (χ3n) is 4.01. The van der Waals surface area contributed by atoms with Gasteiger partial charge in [0, 0.05) is 19.1 Å². The molecule has 0 bridgehead atoms. The molecule has 1 amide bonds. The lowest BCUT2D eigenvalue weighted by molar-refractivity contribution is -0.139. The lowest BCUT2D eigenvalue weighted by Crippen LogP contribution is -2.46. The second kappa shape index (κ2) is 7.00. The highest BCUT2D eigenvalue weighted by Gasteiger charge is 2.30. The number of hydrogen-bond acceptors (Lipinski definition) is 2. The largest absolute Gasteiger partial charge is 0.339 e. The molecule has 1 heterocycles.